The Hall–Kier alpha value is -1.36. The summed E-state index contributed by atoms with van der Waals surface area (Å²) in [7, 11) is 0. The molecule has 2 rings (SSSR count). The van der Waals surface area contributed by atoms with E-state index in [1.54, 1.807) is 13.1 Å². The summed E-state index contributed by atoms with van der Waals surface area (Å²) in [5.41, 5.74) is 0.609. The molecule has 14 heavy (non-hydrogen) atoms. The van der Waals surface area contributed by atoms with Gasteiger partial charge in [0.25, 0.3) is 0 Å². The Labute approximate surface area is 81.3 Å². The smallest absolute Gasteiger partial charge is 0.312 e. The molecule has 0 aliphatic carbocycles. The second-order valence-corrected chi connectivity index (χ2v) is 3.39. The van der Waals surface area contributed by atoms with Crippen LogP contribution in [0.2, 0.25) is 0 Å². The molecule has 1 aromatic rings. The number of rotatable bonds is 2. The van der Waals surface area contributed by atoms with Crippen LogP contribution in [0.3, 0.4) is 0 Å². The lowest BCUT2D eigenvalue weighted by molar-refractivity contribution is -0.138. The standard InChI is InChI=1S/C9H12N2O3/c1-6(9(12)13)7-4-11-2-3-14-5-8(11)10-7/h4,6H,2-3,5H2,1H3,(H,12,13). The van der Waals surface area contributed by atoms with Crippen LogP contribution < -0.4 is 0 Å². The SMILES string of the molecule is CC(C(=O)O)c1cn2c(n1)COCC2. The van der Waals surface area contributed by atoms with Gasteiger partial charge in [-0.3, -0.25) is 4.79 Å². The molecule has 0 fully saturated rings. The largest absolute Gasteiger partial charge is 0.481 e. The summed E-state index contributed by atoms with van der Waals surface area (Å²) < 4.78 is 7.18. The Morgan fingerprint density at radius 2 is 2.57 bits per heavy atom. The molecular formula is C9H12N2O3. The highest BCUT2D eigenvalue weighted by molar-refractivity contribution is 5.74. The van der Waals surface area contributed by atoms with Crippen LogP contribution in [-0.2, 0) is 22.7 Å². The molecule has 0 aromatic carbocycles. The third kappa shape index (κ3) is 1.50. The second-order valence-electron chi connectivity index (χ2n) is 3.39. The highest BCUT2D eigenvalue weighted by Gasteiger charge is 2.20. The molecule has 1 aromatic heterocycles. The average Bonchev–Trinajstić information content (AvgIpc) is 2.59. The third-order valence-electron chi connectivity index (χ3n) is 2.40. The van der Waals surface area contributed by atoms with Crippen molar-refractivity contribution in [2.45, 2.75) is 26.0 Å². The van der Waals surface area contributed by atoms with Crippen molar-refractivity contribution in [2.75, 3.05) is 6.61 Å². The van der Waals surface area contributed by atoms with E-state index in [2.05, 4.69) is 4.98 Å². The summed E-state index contributed by atoms with van der Waals surface area (Å²) in [6.07, 6.45) is 1.80. The molecule has 5 nitrogen and oxygen atoms in total. The topological polar surface area (TPSA) is 64.3 Å². The highest BCUT2D eigenvalue weighted by atomic mass is 16.5. The predicted molar refractivity (Wildman–Crippen MR) is 47.9 cm³/mol. The first-order valence-corrected chi connectivity index (χ1v) is 4.55. The normalized spacial score (nSPS) is 17.5. The number of hydrogen-bond acceptors (Lipinski definition) is 3. The molecule has 0 saturated carbocycles. The van der Waals surface area contributed by atoms with Crippen LogP contribution in [0.1, 0.15) is 24.4 Å². The fraction of sp³-hybridized carbons (Fsp3) is 0.556. The number of hydrogen-bond donors (Lipinski definition) is 1. The molecule has 1 atom stereocenters. The van der Waals surface area contributed by atoms with E-state index in [1.807, 2.05) is 4.57 Å². The number of imidazole rings is 1. The minimum Gasteiger partial charge on any atom is -0.481 e. The minimum atomic E-state index is -0.846. The van der Waals surface area contributed by atoms with Gasteiger partial charge in [-0.25, -0.2) is 4.98 Å². The van der Waals surface area contributed by atoms with E-state index < -0.39 is 11.9 Å². The predicted octanol–water partition coefficient (Wildman–Crippen LogP) is 0.601. The average molecular weight is 196 g/mol. The Kier molecular flexibility index (Phi) is 2.25. The van der Waals surface area contributed by atoms with Gasteiger partial charge >= 0.3 is 5.97 Å². The monoisotopic (exact) mass is 196 g/mol. The van der Waals surface area contributed by atoms with Crippen LogP contribution in [-0.4, -0.2) is 27.2 Å². The summed E-state index contributed by atoms with van der Waals surface area (Å²) in [5.74, 6) is -0.575. The highest BCUT2D eigenvalue weighted by Crippen LogP contribution is 2.17. The van der Waals surface area contributed by atoms with Gasteiger partial charge in [0.05, 0.1) is 18.2 Å². The van der Waals surface area contributed by atoms with Crippen molar-refractivity contribution < 1.29 is 14.6 Å². The Morgan fingerprint density at radius 1 is 1.79 bits per heavy atom. The molecule has 5 heteroatoms. The molecule has 1 N–H and O–H groups in total. The lowest BCUT2D eigenvalue weighted by atomic mass is 10.1. The molecular weight excluding hydrogens is 184 g/mol. The van der Waals surface area contributed by atoms with E-state index in [9.17, 15) is 4.79 Å². The van der Waals surface area contributed by atoms with Crippen LogP contribution in [0.25, 0.3) is 0 Å². The van der Waals surface area contributed by atoms with Crippen LogP contribution in [0.4, 0.5) is 0 Å². The fourth-order valence-corrected chi connectivity index (χ4v) is 1.45. The summed E-state index contributed by atoms with van der Waals surface area (Å²) in [4.78, 5) is 15.0. The van der Waals surface area contributed by atoms with Crippen LogP contribution in [0.5, 0.6) is 0 Å². The Bertz CT molecular complexity index is 335. The van der Waals surface area contributed by atoms with Crippen LogP contribution >= 0.6 is 0 Å². The van der Waals surface area contributed by atoms with Gasteiger partial charge in [-0.1, -0.05) is 0 Å². The number of carboxylic acids is 1. The van der Waals surface area contributed by atoms with Gasteiger partial charge in [0.2, 0.25) is 0 Å². The molecule has 0 bridgehead atoms. The zero-order chi connectivity index (χ0) is 10.1. The molecule has 0 spiro atoms. The molecule has 1 unspecified atom stereocenters. The second kappa shape index (κ2) is 3.42. The van der Waals surface area contributed by atoms with E-state index in [4.69, 9.17) is 9.84 Å². The maximum absolute atomic E-state index is 10.7. The zero-order valence-corrected chi connectivity index (χ0v) is 7.93. The number of aromatic nitrogens is 2. The van der Waals surface area contributed by atoms with Crippen molar-refractivity contribution in [3.05, 3.63) is 17.7 Å². The molecule has 2 heterocycles. The summed E-state index contributed by atoms with van der Waals surface area (Å²) in [6.45, 7) is 3.54. The molecule has 1 aliphatic heterocycles. The van der Waals surface area contributed by atoms with Gasteiger partial charge in [-0.15, -0.1) is 0 Å². The zero-order valence-electron chi connectivity index (χ0n) is 7.93. The number of carboxylic acid groups (broad SMARTS) is 1. The lowest BCUT2D eigenvalue weighted by Crippen LogP contribution is -2.15. The van der Waals surface area contributed by atoms with Crippen LogP contribution in [0.15, 0.2) is 6.20 Å². The van der Waals surface area contributed by atoms with E-state index >= 15 is 0 Å². The Balaban J connectivity index is 2.28. The van der Waals surface area contributed by atoms with Crippen molar-refractivity contribution >= 4 is 5.97 Å². The van der Waals surface area contributed by atoms with Crippen molar-refractivity contribution in [2.24, 2.45) is 0 Å². The maximum Gasteiger partial charge on any atom is 0.312 e. The maximum atomic E-state index is 10.7. The van der Waals surface area contributed by atoms with E-state index in [0.29, 0.717) is 18.9 Å². The van der Waals surface area contributed by atoms with Crippen molar-refractivity contribution in [1.82, 2.24) is 9.55 Å². The van der Waals surface area contributed by atoms with Crippen molar-refractivity contribution in [3.8, 4) is 0 Å². The van der Waals surface area contributed by atoms with Crippen LogP contribution in [0, 0.1) is 0 Å². The van der Waals surface area contributed by atoms with Gasteiger partial charge in [0.15, 0.2) is 0 Å². The fourth-order valence-electron chi connectivity index (χ4n) is 1.45. The molecule has 0 amide bonds. The van der Waals surface area contributed by atoms with Gasteiger partial charge in [-0.05, 0) is 6.92 Å². The van der Waals surface area contributed by atoms with Gasteiger partial charge < -0.3 is 14.4 Å². The lowest BCUT2D eigenvalue weighted by Gasteiger charge is -2.13. The molecule has 0 saturated heterocycles. The van der Waals surface area contributed by atoms with Gasteiger partial charge in [0.1, 0.15) is 12.4 Å². The first-order valence-electron chi connectivity index (χ1n) is 4.55. The van der Waals surface area contributed by atoms with E-state index in [1.165, 1.54) is 0 Å². The summed E-state index contributed by atoms with van der Waals surface area (Å²) in [5, 5.41) is 8.82. The summed E-state index contributed by atoms with van der Waals surface area (Å²) >= 11 is 0. The minimum absolute atomic E-state index is 0.479. The van der Waals surface area contributed by atoms with E-state index in [0.717, 1.165) is 12.4 Å². The molecule has 1 aliphatic rings. The number of carbonyl (C=O) groups is 1. The first kappa shape index (κ1) is 9.21. The first-order chi connectivity index (χ1) is 6.68. The number of aliphatic carboxylic acids is 1. The summed E-state index contributed by atoms with van der Waals surface area (Å²) in [6, 6.07) is 0. The quantitative estimate of drug-likeness (QED) is 0.752. The molecule has 76 valence electrons. The van der Waals surface area contributed by atoms with Crippen molar-refractivity contribution in [3.63, 3.8) is 0 Å². The number of fused-ring (bicyclic) bond motifs is 1. The number of nitrogens with zero attached hydrogens (tertiary/aromatic N) is 2. The number of ether oxygens (including phenoxy) is 1. The third-order valence-corrected chi connectivity index (χ3v) is 2.40. The van der Waals surface area contributed by atoms with Gasteiger partial charge in [-0.2, -0.15) is 0 Å². The van der Waals surface area contributed by atoms with Gasteiger partial charge in [0, 0.05) is 12.7 Å². The van der Waals surface area contributed by atoms with Crippen molar-refractivity contribution in [1.29, 1.82) is 0 Å². The molecule has 0 radical (unpaired) electrons. The van der Waals surface area contributed by atoms with E-state index in [-0.39, 0.29) is 0 Å². The Morgan fingerprint density at radius 3 is 3.21 bits per heavy atom.